The summed E-state index contributed by atoms with van der Waals surface area (Å²) in [6.45, 7) is 15.9. The largest absolute Gasteiger partial charge is 0.460 e. The molecule has 2 rings (SSSR count). The summed E-state index contributed by atoms with van der Waals surface area (Å²) in [7, 11) is 0. The second kappa shape index (κ2) is 8.18. The lowest BCUT2D eigenvalue weighted by Gasteiger charge is -2.43. The first-order chi connectivity index (χ1) is 13.1. The minimum Gasteiger partial charge on any atom is -0.460 e. The first-order valence-electron chi connectivity index (χ1n) is 10.8. The number of hydrogen-bond acceptors (Lipinski definition) is 6. The quantitative estimate of drug-likeness (QED) is 0.662. The molecule has 0 radical (unpaired) electrons. The summed E-state index contributed by atoms with van der Waals surface area (Å²) in [4.78, 5) is 25.1. The van der Waals surface area contributed by atoms with Crippen molar-refractivity contribution < 1.29 is 28.9 Å². The summed E-state index contributed by atoms with van der Waals surface area (Å²) in [6, 6.07) is 0. The number of aliphatic hydroxyl groups is 1. The maximum absolute atomic E-state index is 12.9. The van der Waals surface area contributed by atoms with Gasteiger partial charge in [0.2, 0.25) is 0 Å². The Balaban J connectivity index is 1.89. The van der Waals surface area contributed by atoms with Crippen molar-refractivity contribution in [1.29, 1.82) is 0 Å². The van der Waals surface area contributed by atoms with Gasteiger partial charge in [0.1, 0.15) is 6.61 Å². The predicted octanol–water partition coefficient (Wildman–Crippen LogP) is 4.09. The van der Waals surface area contributed by atoms with E-state index in [-0.39, 0.29) is 40.8 Å². The van der Waals surface area contributed by atoms with Gasteiger partial charge < -0.3 is 19.3 Å². The summed E-state index contributed by atoms with van der Waals surface area (Å²) < 4.78 is 16.3. The highest BCUT2D eigenvalue weighted by Crippen LogP contribution is 2.53. The molecule has 1 aliphatic heterocycles. The van der Waals surface area contributed by atoms with Crippen molar-refractivity contribution in [2.24, 2.45) is 27.6 Å². The fourth-order valence-corrected chi connectivity index (χ4v) is 4.91. The lowest BCUT2D eigenvalue weighted by molar-refractivity contribution is -0.175. The van der Waals surface area contributed by atoms with Gasteiger partial charge in [-0.2, -0.15) is 0 Å². The molecule has 0 aromatic carbocycles. The second-order valence-corrected chi connectivity index (χ2v) is 11.6. The van der Waals surface area contributed by atoms with Crippen LogP contribution >= 0.6 is 0 Å². The second-order valence-electron chi connectivity index (χ2n) is 11.6. The Kier molecular flexibility index (Phi) is 6.81. The molecule has 1 aliphatic carbocycles. The lowest BCUT2D eigenvalue weighted by atomic mass is 9.61. The third-order valence-corrected chi connectivity index (χ3v) is 7.11. The minimum absolute atomic E-state index is 0.0594. The molecular formula is C23H40O6. The van der Waals surface area contributed by atoms with Crippen LogP contribution < -0.4 is 0 Å². The summed E-state index contributed by atoms with van der Waals surface area (Å²) in [6.07, 6.45) is 2.44. The number of carbonyl (C=O) groups excluding carboxylic acids is 2. The molecule has 1 N–H and O–H groups in total. The number of aliphatic hydroxyl groups excluding tert-OH is 1. The number of hydrogen-bond donors (Lipinski definition) is 1. The highest BCUT2D eigenvalue weighted by molar-refractivity contribution is 5.80. The van der Waals surface area contributed by atoms with Gasteiger partial charge in [-0.15, -0.1) is 0 Å². The summed E-state index contributed by atoms with van der Waals surface area (Å²) in [5.41, 5.74) is -1.36. The van der Waals surface area contributed by atoms with E-state index < -0.39 is 24.3 Å². The van der Waals surface area contributed by atoms with Crippen LogP contribution in [-0.4, -0.2) is 42.7 Å². The van der Waals surface area contributed by atoms with Crippen molar-refractivity contribution >= 4 is 11.9 Å². The monoisotopic (exact) mass is 412 g/mol. The average molecular weight is 413 g/mol. The number of rotatable bonds is 6. The summed E-state index contributed by atoms with van der Waals surface area (Å²) in [5, 5.41) is 10.2. The molecule has 1 saturated heterocycles. The molecular weight excluding hydrogens is 372 g/mol. The van der Waals surface area contributed by atoms with Crippen LogP contribution in [0.3, 0.4) is 0 Å². The Morgan fingerprint density at radius 2 is 1.72 bits per heavy atom. The van der Waals surface area contributed by atoms with Crippen LogP contribution in [0.4, 0.5) is 0 Å². The maximum Gasteiger partial charge on any atom is 0.344 e. The molecule has 2 aliphatic rings. The Morgan fingerprint density at radius 1 is 1.10 bits per heavy atom. The molecule has 2 fully saturated rings. The Labute approximate surface area is 175 Å². The molecule has 0 amide bonds. The Hall–Kier alpha value is -1.14. The van der Waals surface area contributed by atoms with E-state index in [2.05, 4.69) is 20.8 Å². The third-order valence-electron chi connectivity index (χ3n) is 7.11. The van der Waals surface area contributed by atoms with Gasteiger partial charge in [-0.3, -0.25) is 4.79 Å². The van der Waals surface area contributed by atoms with Crippen molar-refractivity contribution in [3.05, 3.63) is 0 Å². The lowest BCUT2D eigenvalue weighted by Crippen LogP contribution is -2.44. The molecule has 168 valence electrons. The molecule has 1 heterocycles. The van der Waals surface area contributed by atoms with Crippen LogP contribution in [-0.2, 0) is 23.8 Å². The zero-order chi connectivity index (χ0) is 22.3. The normalized spacial score (nSPS) is 31.8. The van der Waals surface area contributed by atoms with E-state index in [0.29, 0.717) is 6.42 Å². The van der Waals surface area contributed by atoms with Gasteiger partial charge in [0.05, 0.1) is 11.5 Å². The SMILES string of the molecule is CC(C)(C)CC(C)(C(=O)OCC(=O)OC[C@@H]1OC(O)C2(C)CCCC12)C(C)(C)C. The van der Waals surface area contributed by atoms with Crippen LogP contribution in [0.15, 0.2) is 0 Å². The molecule has 5 atom stereocenters. The smallest absolute Gasteiger partial charge is 0.344 e. The number of fused-ring (bicyclic) bond motifs is 1. The third kappa shape index (κ3) is 5.13. The standard InChI is InChI=1S/C23H40O6/c1-20(2,3)14-23(8,21(4,5)6)19(26)28-13-17(24)27-12-16-15-10-9-11-22(15,7)18(25)29-16/h15-16,18,25H,9-14H2,1-8H3/t15?,16-,18?,22?,23?/m0/s1. The van der Waals surface area contributed by atoms with Gasteiger partial charge >= 0.3 is 11.9 Å². The fourth-order valence-electron chi connectivity index (χ4n) is 4.91. The van der Waals surface area contributed by atoms with Crippen molar-refractivity contribution in [2.75, 3.05) is 13.2 Å². The van der Waals surface area contributed by atoms with Gasteiger partial charge in [-0.05, 0) is 42.9 Å². The molecule has 6 heteroatoms. The number of carbonyl (C=O) groups is 2. The van der Waals surface area contributed by atoms with E-state index in [4.69, 9.17) is 14.2 Å². The minimum atomic E-state index is -0.818. The van der Waals surface area contributed by atoms with Gasteiger partial charge in [0, 0.05) is 5.41 Å². The van der Waals surface area contributed by atoms with Gasteiger partial charge in [0.25, 0.3) is 0 Å². The van der Waals surface area contributed by atoms with Crippen LogP contribution in [0.25, 0.3) is 0 Å². The molecule has 0 bridgehead atoms. The molecule has 0 aromatic heterocycles. The van der Waals surface area contributed by atoms with Crippen LogP contribution in [0.2, 0.25) is 0 Å². The molecule has 29 heavy (non-hydrogen) atoms. The molecule has 6 nitrogen and oxygen atoms in total. The topological polar surface area (TPSA) is 82.1 Å². The first-order valence-corrected chi connectivity index (χ1v) is 10.8. The highest BCUT2D eigenvalue weighted by atomic mass is 16.6. The number of esters is 2. The van der Waals surface area contributed by atoms with Gasteiger partial charge in [-0.1, -0.05) is 54.9 Å². The molecule has 4 unspecified atom stereocenters. The van der Waals surface area contributed by atoms with Crippen molar-refractivity contribution in [3.63, 3.8) is 0 Å². The van der Waals surface area contributed by atoms with E-state index in [9.17, 15) is 14.7 Å². The number of ether oxygens (including phenoxy) is 3. The highest BCUT2D eigenvalue weighted by Gasteiger charge is 2.55. The zero-order valence-electron chi connectivity index (χ0n) is 19.5. The summed E-state index contributed by atoms with van der Waals surface area (Å²) in [5.74, 6) is -0.786. The van der Waals surface area contributed by atoms with E-state index >= 15 is 0 Å². The Bertz CT molecular complexity index is 616. The van der Waals surface area contributed by atoms with Gasteiger partial charge in [-0.25, -0.2) is 4.79 Å². The maximum atomic E-state index is 12.9. The van der Waals surface area contributed by atoms with E-state index in [1.54, 1.807) is 0 Å². The predicted molar refractivity (Wildman–Crippen MR) is 110 cm³/mol. The first kappa shape index (κ1) is 24.1. The zero-order valence-corrected chi connectivity index (χ0v) is 19.5. The van der Waals surface area contributed by atoms with Crippen molar-refractivity contribution in [3.8, 4) is 0 Å². The van der Waals surface area contributed by atoms with Crippen LogP contribution in [0.5, 0.6) is 0 Å². The average Bonchev–Trinajstić information content (AvgIpc) is 3.05. The molecule has 1 saturated carbocycles. The summed E-state index contributed by atoms with van der Waals surface area (Å²) >= 11 is 0. The van der Waals surface area contributed by atoms with Crippen LogP contribution in [0, 0.1) is 27.6 Å². The van der Waals surface area contributed by atoms with E-state index in [1.807, 2.05) is 34.6 Å². The van der Waals surface area contributed by atoms with E-state index in [1.165, 1.54) is 0 Å². The molecule has 0 spiro atoms. The Morgan fingerprint density at radius 3 is 2.28 bits per heavy atom. The fraction of sp³-hybridized carbons (Fsp3) is 0.913. The van der Waals surface area contributed by atoms with Gasteiger partial charge in [0.15, 0.2) is 12.9 Å². The van der Waals surface area contributed by atoms with Crippen LogP contribution in [0.1, 0.15) is 81.1 Å². The van der Waals surface area contributed by atoms with Crippen molar-refractivity contribution in [1.82, 2.24) is 0 Å². The van der Waals surface area contributed by atoms with Crippen molar-refractivity contribution in [2.45, 2.75) is 93.5 Å². The molecule has 0 aromatic rings. The van der Waals surface area contributed by atoms with E-state index in [0.717, 1.165) is 19.3 Å².